The predicted octanol–water partition coefficient (Wildman–Crippen LogP) is 4.42. The first kappa shape index (κ1) is 20.7. The van der Waals surface area contributed by atoms with Gasteiger partial charge in [-0.15, -0.1) is 10.2 Å². The minimum Gasteiger partial charge on any atom is -0.461 e. The van der Waals surface area contributed by atoms with Gasteiger partial charge in [0.15, 0.2) is 16.7 Å². The Balaban J connectivity index is 1.37. The zero-order valence-electron chi connectivity index (χ0n) is 16.9. The lowest BCUT2D eigenvalue weighted by Crippen LogP contribution is -2.39. The van der Waals surface area contributed by atoms with Crippen LogP contribution in [0.5, 0.6) is 0 Å². The lowest BCUT2D eigenvalue weighted by molar-refractivity contribution is -0.118. The molecule has 4 rings (SSSR count). The van der Waals surface area contributed by atoms with Crippen molar-refractivity contribution >= 4 is 17.7 Å². The molecule has 3 aromatic rings. The minimum atomic E-state index is -0.235. The predicted molar refractivity (Wildman–Crippen MR) is 114 cm³/mol. The van der Waals surface area contributed by atoms with Crippen molar-refractivity contribution in [2.75, 3.05) is 12.3 Å². The molecular weight excluding hydrogens is 403 g/mol. The molecule has 1 aliphatic rings. The van der Waals surface area contributed by atoms with Gasteiger partial charge >= 0.3 is 0 Å². The van der Waals surface area contributed by atoms with Crippen molar-refractivity contribution in [1.29, 1.82) is 0 Å². The Morgan fingerprint density at radius 1 is 1.23 bits per heavy atom. The average molecular weight is 429 g/mol. The van der Waals surface area contributed by atoms with Crippen molar-refractivity contribution in [1.82, 2.24) is 20.1 Å². The molecular formula is C22H25FN4O2S. The summed E-state index contributed by atoms with van der Waals surface area (Å²) < 4.78 is 20.7. The van der Waals surface area contributed by atoms with Crippen molar-refractivity contribution in [3.05, 3.63) is 54.0 Å². The van der Waals surface area contributed by atoms with Crippen molar-refractivity contribution < 1.29 is 13.6 Å². The van der Waals surface area contributed by atoms with Gasteiger partial charge in [0.2, 0.25) is 5.91 Å². The number of halogens is 1. The highest BCUT2D eigenvalue weighted by molar-refractivity contribution is 7.99. The molecule has 158 valence electrons. The number of carbonyl (C=O) groups is 1. The highest BCUT2D eigenvalue weighted by Gasteiger charge is 2.35. The molecule has 1 fully saturated rings. The first-order chi connectivity index (χ1) is 14.6. The van der Waals surface area contributed by atoms with Crippen LogP contribution in [0.15, 0.2) is 52.2 Å². The Morgan fingerprint density at radius 2 is 2.00 bits per heavy atom. The molecule has 0 radical (unpaired) electrons. The van der Waals surface area contributed by atoms with Gasteiger partial charge in [0.05, 0.1) is 12.0 Å². The van der Waals surface area contributed by atoms with Crippen LogP contribution < -0.4 is 5.32 Å². The summed E-state index contributed by atoms with van der Waals surface area (Å²) >= 11 is 1.36. The Hall–Kier alpha value is -2.61. The van der Waals surface area contributed by atoms with E-state index in [-0.39, 0.29) is 22.9 Å². The maximum Gasteiger partial charge on any atom is 0.230 e. The molecule has 0 spiro atoms. The first-order valence-corrected chi connectivity index (χ1v) is 11.2. The van der Waals surface area contributed by atoms with E-state index in [9.17, 15) is 9.18 Å². The van der Waals surface area contributed by atoms with Crippen LogP contribution in [0.25, 0.3) is 11.6 Å². The van der Waals surface area contributed by atoms with Gasteiger partial charge in [-0.05, 0) is 49.6 Å². The molecule has 1 N–H and O–H groups in total. The number of carbonyl (C=O) groups excluding carboxylic acids is 1. The van der Waals surface area contributed by atoms with Gasteiger partial charge in [-0.25, -0.2) is 4.39 Å². The minimum absolute atomic E-state index is 0.0430. The Bertz CT molecular complexity index is 979. The third kappa shape index (κ3) is 4.28. The number of amides is 1. The molecule has 30 heavy (non-hydrogen) atoms. The van der Waals surface area contributed by atoms with E-state index < -0.39 is 0 Å². The zero-order chi connectivity index (χ0) is 21.0. The monoisotopic (exact) mass is 428 g/mol. The normalized spacial score (nSPS) is 15.4. The number of thioether (sulfide) groups is 1. The highest BCUT2D eigenvalue weighted by Crippen LogP contribution is 2.40. The fourth-order valence-corrected chi connectivity index (χ4v) is 4.97. The van der Waals surface area contributed by atoms with E-state index in [0.29, 0.717) is 29.8 Å². The molecule has 0 atom stereocenters. The summed E-state index contributed by atoms with van der Waals surface area (Å²) in [6.07, 6.45) is 5.85. The second-order valence-electron chi connectivity index (χ2n) is 7.59. The molecule has 2 heterocycles. The first-order valence-electron chi connectivity index (χ1n) is 10.2. The van der Waals surface area contributed by atoms with Crippen LogP contribution in [0, 0.1) is 5.82 Å². The van der Waals surface area contributed by atoms with Crippen LogP contribution in [-0.2, 0) is 16.8 Å². The maximum atomic E-state index is 13.3. The van der Waals surface area contributed by atoms with Crippen molar-refractivity contribution in [2.45, 2.75) is 49.7 Å². The number of furan rings is 1. The molecule has 0 unspecified atom stereocenters. The van der Waals surface area contributed by atoms with E-state index in [4.69, 9.17) is 4.42 Å². The second kappa shape index (κ2) is 9.04. The topological polar surface area (TPSA) is 73.0 Å². The van der Waals surface area contributed by atoms with E-state index >= 15 is 0 Å². The molecule has 1 amide bonds. The average Bonchev–Trinajstić information content (AvgIpc) is 3.52. The summed E-state index contributed by atoms with van der Waals surface area (Å²) in [5, 5.41) is 12.2. The molecule has 1 saturated carbocycles. The van der Waals surface area contributed by atoms with E-state index in [1.807, 2.05) is 35.8 Å². The van der Waals surface area contributed by atoms with Crippen molar-refractivity contribution in [3.8, 4) is 11.6 Å². The van der Waals surface area contributed by atoms with Gasteiger partial charge in [0.1, 0.15) is 5.82 Å². The lowest BCUT2D eigenvalue weighted by atomic mass is 9.79. The summed E-state index contributed by atoms with van der Waals surface area (Å²) in [5.74, 6) is 1.30. The van der Waals surface area contributed by atoms with Crippen LogP contribution in [-0.4, -0.2) is 33.0 Å². The molecule has 0 bridgehead atoms. The standard InChI is InChI=1S/C22H25FN4O2S/c1-2-27-20(18-6-5-13-29-18)25-26-21(27)30-14-19(28)24-15-22(11-3-4-12-22)16-7-9-17(23)10-8-16/h5-10,13H,2-4,11-12,14-15H2,1H3,(H,24,28). The summed E-state index contributed by atoms with van der Waals surface area (Å²) in [5.41, 5.74) is 0.993. The molecule has 0 aliphatic heterocycles. The third-order valence-corrected chi connectivity index (χ3v) is 6.71. The van der Waals surface area contributed by atoms with Crippen LogP contribution in [0.2, 0.25) is 0 Å². The highest BCUT2D eigenvalue weighted by atomic mass is 32.2. The second-order valence-corrected chi connectivity index (χ2v) is 8.53. The van der Waals surface area contributed by atoms with Gasteiger partial charge in [-0.3, -0.25) is 9.36 Å². The molecule has 2 aromatic heterocycles. The van der Waals surface area contributed by atoms with Crippen molar-refractivity contribution in [3.63, 3.8) is 0 Å². The fraction of sp³-hybridized carbons (Fsp3) is 0.409. The summed E-state index contributed by atoms with van der Waals surface area (Å²) in [7, 11) is 0. The fourth-order valence-electron chi connectivity index (χ4n) is 4.14. The summed E-state index contributed by atoms with van der Waals surface area (Å²) in [6, 6.07) is 10.4. The number of benzene rings is 1. The molecule has 6 nitrogen and oxygen atoms in total. The molecule has 1 aliphatic carbocycles. The Morgan fingerprint density at radius 3 is 2.67 bits per heavy atom. The van der Waals surface area contributed by atoms with Gasteiger partial charge < -0.3 is 9.73 Å². The van der Waals surface area contributed by atoms with Crippen LogP contribution in [0.1, 0.15) is 38.2 Å². The SMILES string of the molecule is CCn1c(SCC(=O)NCC2(c3ccc(F)cc3)CCCC2)nnc1-c1ccco1. The lowest BCUT2D eigenvalue weighted by Gasteiger charge is -2.30. The maximum absolute atomic E-state index is 13.3. The van der Waals surface area contributed by atoms with Crippen LogP contribution in [0.3, 0.4) is 0 Å². The number of hydrogen-bond acceptors (Lipinski definition) is 5. The number of nitrogens with one attached hydrogen (secondary N) is 1. The number of aromatic nitrogens is 3. The summed E-state index contributed by atoms with van der Waals surface area (Å²) in [4.78, 5) is 12.6. The molecule has 0 saturated heterocycles. The largest absolute Gasteiger partial charge is 0.461 e. The van der Waals surface area contributed by atoms with Gasteiger partial charge in [-0.1, -0.05) is 36.7 Å². The van der Waals surface area contributed by atoms with Crippen molar-refractivity contribution in [2.24, 2.45) is 0 Å². The van der Waals surface area contributed by atoms with E-state index in [1.54, 1.807) is 6.26 Å². The van der Waals surface area contributed by atoms with E-state index in [2.05, 4.69) is 15.5 Å². The molecule has 1 aromatic carbocycles. The van der Waals surface area contributed by atoms with Gasteiger partial charge in [0.25, 0.3) is 0 Å². The Labute approximate surface area is 179 Å². The molecule has 8 heteroatoms. The zero-order valence-corrected chi connectivity index (χ0v) is 17.8. The number of rotatable bonds is 8. The van der Waals surface area contributed by atoms with Gasteiger partial charge in [-0.2, -0.15) is 0 Å². The number of hydrogen-bond donors (Lipinski definition) is 1. The third-order valence-electron chi connectivity index (χ3n) is 5.75. The quantitative estimate of drug-likeness (QED) is 0.538. The summed E-state index contributed by atoms with van der Waals surface area (Å²) in [6.45, 7) is 3.25. The van der Waals surface area contributed by atoms with Crippen LogP contribution >= 0.6 is 11.8 Å². The number of nitrogens with zero attached hydrogens (tertiary/aromatic N) is 3. The van der Waals surface area contributed by atoms with E-state index in [0.717, 1.165) is 31.2 Å². The van der Waals surface area contributed by atoms with Crippen LogP contribution in [0.4, 0.5) is 4.39 Å². The van der Waals surface area contributed by atoms with Gasteiger partial charge in [0, 0.05) is 18.5 Å². The Kier molecular flexibility index (Phi) is 6.22. The smallest absolute Gasteiger partial charge is 0.230 e. The van der Waals surface area contributed by atoms with E-state index in [1.165, 1.54) is 23.9 Å².